The smallest absolute Gasteiger partial charge is 0.148 e. The fourth-order valence-electron chi connectivity index (χ4n) is 0.533. The van der Waals surface area contributed by atoms with Crippen molar-refractivity contribution in [3.05, 3.63) is 23.2 Å². The number of hydrogen-bond donors (Lipinski definition) is 1. The summed E-state index contributed by atoms with van der Waals surface area (Å²) >= 11 is 9.61. The predicted octanol–water partition coefficient (Wildman–Crippen LogP) is 1.41. The van der Waals surface area contributed by atoms with Crippen LogP contribution in [0.25, 0.3) is 0 Å². The molecule has 0 aliphatic carbocycles. The number of hydrogen-bond acceptors (Lipinski definition) is 3. The van der Waals surface area contributed by atoms with Crippen molar-refractivity contribution in [1.82, 2.24) is 9.97 Å². The summed E-state index contributed by atoms with van der Waals surface area (Å²) in [5.74, 6) is 6.04. The van der Waals surface area contributed by atoms with Gasteiger partial charge in [-0.15, -0.1) is 0 Å². The summed E-state index contributed by atoms with van der Waals surface area (Å²) in [5.41, 5.74) is 0.642. The van der Waals surface area contributed by atoms with E-state index in [2.05, 4.69) is 34.4 Å². The Labute approximate surface area is 75.4 Å². The van der Waals surface area contributed by atoms with Gasteiger partial charge in [-0.1, -0.05) is 23.4 Å². The number of thiol groups is 1. The van der Waals surface area contributed by atoms with Gasteiger partial charge in [-0.05, 0) is 0 Å². The van der Waals surface area contributed by atoms with E-state index in [-0.39, 0.29) is 0 Å². The second-order valence-electron chi connectivity index (χ2n) is 1.69. The first-order chi connectivity index (χ1) is 5.34. The number of rotatable bonds is 0. The van der Waals surface area contributed by atoms with Gasteiger partial charge in [0.25, 0.3) is 0 Å². The van der Waals surface area contributed by atoms with Crippen molar-refractivity contribution in [2.45, 2.75) is 0 Å². The maximum atomic E-state index is 5.68. The average Bonchev–Trinajstić information content (AvgIpc) is 2.03. The summed E-state index contributed by atoms with van der Waals surface area (Å²) in [5, 5.41) is 0.384. The van der Waals surface area contributed by atoms with Crippen LogP contribution in [-0.4, -0.2) is 15.7 Å². The zero-order valence-corrected chi connectivity index (χ0v) is 7.23. The summed E-state index contributed by atoms with van der Waals surface area (Å²) in [4.78, 5) is 7.53. The van der Waals surface area contributed by atoms with Crippen molar-refractivity contribution in [1.29, 1.82) is 0 Å². The maximum Gasteiger partial charge on any atom is 0.148 e. The van der Waals surface area contributed by atoms with Gasteiger partial charge in [-0.3, -0.25) is 0 Å². The molecular formula is C7H5ClN2S. The third-order valence-corrected chi connectivity index (χ3v) is 1.43. The number of nitrogens with zero attached hydrogens (tertiary/aromatic N) is 2. The Hall–Kier alpha value is -0.720. The third kappa shape index (κ3) is 2.41. The molecule has 0 aromatic carbocycles. The van der Waals surface area contributed by atoms with Crippen molar-refractivity contribution >= 4 is 24.2 Å². The van der Waals surface area contributed by atoms with E-state index in [4.69, 9.17) is 11.6 Å². The zero-order valence-electron chi connectivity index (χ0n) is 5.58. The molecule has 1 rings (SSSR count). The molecule has 0 saturated carbocycles. The molecule has 0 spiro atoms. The Morgan fingerprint density at radius 2 is 2.45 bits per heavy atom. The van der Waals surface area contributed by atoms with E-state index < -0.39 is 0 Å². The molecule has 1 heterocycles. The van der Waals surface area contributed by atoms with Crippen LogP contribution < -0.4 is 0 Å². The standard InChI is InChI=1S/C7H5ClN2S/c8-7-6(2-1-3-11)4-9-5-10-7/h4-5,11H,3H2. The Balaban J connectivity index is 2.95. The molecular weight excluding hydrogens is 180 g/mol. The van der Waals surface area contributed by atoms with Crippen molar-refractivity contribution in [2.75, 3.05) is 5.75 Å². The summed E-state index contributed by atoms with van der Waals surface area (Å²) < 4.78 is 0. The molecule has 2 nitrogen and oxygen atoms in total. The molecule has 0 atom stereocenters. The molecule has 0 amide bonds. The van der Waals surface area contributed by atoms with Crippen LogP contribution in [0.1, 0.15) is 5.56 Å². The van der Waals surface area contributed by atoms with Gasteiger partial charge in [-0.25, -0.2) is 9.97 Å². The van der Waals surface area contributed by atoms with Gasteiger partial charge >= 0.3 is 0 Å². The summed E-state index contributed by atoms with van der Waals surface area (Å²) in [7, 11) is 0. The molecule has 11 heavy (non-hydrogen) atoms. The van der Waals surface area contributed by atoms with E-state index in [9.17, 15) is 0 Å². The first-order valence-corrected chi connectivity index (χ1v) is 3.91. The van der Waals surface area contributed by atoms with Gasteiger partial charge in [0.05, 0.1) is 11.3 Å². The summed E-state index contributed by atoms with van der Waals surface area (Å²) in [6, 6.07) is 0. The average molecular weight is 185 g/mol. The van der Waals surface area contributed by atoms with Crippen LogP contribution in [-0.2, 0) is 0 Å². The SMILES string of the molecule is SCC#Cc1cncnc1Cl. The molecule has 0 radical (unpaired) electrons. The van der Waals surface area contributed by atoms with Crippen molar-refractivity contribution in [3.8, 4) is 11.8 Å². The predicted molar refractivity (Wildman–Crippen MR) is 47.8 cm³/mol. The minimum Gasteiger partial charge on any atom is -0.243 e. The van der Waals surface area contributed by atoms with E-state index in [0.29, 0.717) is 16.5 Å². The molecule has 0 bridgehead atoms. The Morgan fingerprint density at radius 3 is 3.09 bits per heavy atom. The quantitative estimate of drug-likeness (QED) is 0.375. The fraction of sp³-hybridized carbons (Fsp3) is 0.143. The van der Waals surface area contributed by atoms with Crippen molar-refractivity contribution in [3.63, 3.8) is 0 Å². The molecule has 1 aromatic rings. The highest BCUT2D eigenvalue weighted by Gasteiger charge is 1.94. The van der Waals surface area contributed by atoms with Gasteiger partial charge in [-0.2, -0.15) is 12.6 Å². The lowest BCUT2D eigenvalue weighted by atomic mass is 10.3. The van der Waals surface area contributed by atoms with Crippen LogP contribution in [0.3, 0.4) is 0 Å². The Kier molecular flexibility index (Phi) is 3.21. The third-order valence-electron chi connectivity index (χ3n) is 0.966. The van der Waals surface area contributed by atoms with Crippen LogP contribution in [0.15, 0.2) is 12.5 Å². The first kappa shape index (κ1) is 8.38. The molecule has 4 heteroatoms. The van der Waals surface area contributed by atoms with Gasteiger partial charge in [0.2, 0.25) is 0 Å². The number of halogens is 1. The second-order valence-corrected chi connectivity index (χ2v) is 2.36. The Bertz CT molecular complexity index is 303. The molecule has 0 fully saturated rings. The molecule has 0 aliphatic rings. The normalized spacial score (nSPS) is 8.55. The lowest BCUT2D eigenvalue weighted by Crippen LogP contribution is -1.83. The molecule has 0 N–H and O–H groups in total. The number of aromatic nitrogens is 2. The van der Waals surface area contributed by atoms with Crippen molar-refractivity contribution in [2.24, 2.45) is 0 Å². The van der Waals surface area contributed by atoms with E-state index in [1.54, 1.807) is 6.20 Å². The van der Waals surface area contributed by atoms with Gasteiger partial charge < -0.3 is 0 Å². The van der Waals surface area contributed by atoms with E-state index >= 15 is 0 Å². The van der Waals surface area contributed by atoms with Crippen LogP contribution >= 0.6 is 24.2 Å². The van der Waals surface area contributed by atoms with Crippen LogP contribution in [0, 0.1) is 11.8 Å². The highest BCUT2D eigenvalue weighted by Crippen LogP contribution is 2.07. The second kappa shape index (κ2) is 4.22. The minimum atomic E-state index is 0.384. The molecule has 0 saturated heterocycles. The molecule has 1 aromatic heterocycles. The van der Waals surface area contributed by atoms with E-state index in [1.165, 1.54) is 6.33 Å². The largest absolute Gasteiger partial charge is 0.243 e. The fourth-order valence-corrected chi connectivity index (χ4v) is 0.752. The highest BCUT2D eigenvalue weighted by atomic mass is 35.5. The van der Waals surface area contributed by atoms with Gasteiger partial charge in [0, 0.05) is 6.20 Å². The van der Waals surface area contributed by atoms with E-state index in [1.807, 2.05) is 0 Å². The van der Waals surface area contributed by atoms with Gasteiger partial charge in [0.15, 0.2) is 0 Å². The summed E-state index contributed by atoms with van der Waals surface area (Å²) in [6.45, 7) is 0. The lowest BCUT2D eigenvalue weighted by Gasteiger charge is -1.89. The van der Waals surface area contributed by atoms with E-state index in [0.717, 1.165) is 0 Å². The maximum absolute atomic E-state index is 5.68. The van der Waals surface area contributed by atoms with Crippen LogP contribution in [0.2, 0.25) is 5.15 Å². The molecule has 0 aliphatic heterocycles. The van der Waals surface area contributed by atoms with Gasteiger partial charge in [0.1, 0.15) is 11.5 Å². The first-order valence-electron chi connectivity index (χ1n) is 2.90. The summed E-state index contributed by atoms with van der Waals surface area (Å²) in [6.07, 6.45) is 2.96. The van der Waals surface area contributed by atoms with Crippen LogP contribution in [0.5, 0.6) is 0 Å². The Morgan fingerprint density at radius 1 is 1.64 bits per heavy atom. The topological polar surface area (TPSA) is 25.8 Å². The highest BCUT2D eigenvalue weighted by molar-refractivity contribution is 7.80. The monoisotopic (exact) mass is 184 g/mol. The molecule has 0 unspecified atom stereocenters. The zero-order chi connectivity index (χ0) is 8.10. The minimum absolute atomic E-state index is 0.384. The molecule has 56 valence electrons. The van der Waals surface area contributed by atoms with Crippen molar-refractivity contribution < 1.29 is 0 Å². The van der Waals surface area contributed by atoms with Crippen LogP contribution in [0.4, 0.5) is 0 Å². The lowest BCUT2D eigenvalue weighted by molar-refractivity contribution is 1.16.